The van der Waals surface area contributed by atoms with Crippen molar-refractivity contribution in [2.45, 2.75) is 32.4 Å². The van der Waals surface area contributed by atoms with Gasteiger partial charge in [0.25, 0.3) is 5.91 Å². The molecule has 3 aromatic carbocycles. The van der Waals surface area contributed by atoms with Crippen LogP contribution in [0.5, 0.6) is 0 Å². The van der Waals surface area contributed by atoms with Gasteiger partial charge in [-0.2, -0.15) is 0 Å². The molecular formula is C26H26ClNO3. The number of hydrogen-bond acceptors (Lipinski definition) is 3. The number of amides is 1. The summed E-state index contributed by atoms with van der Waals surface area (Å²) < 4.78 is 0. The molecule has 1 saturated heterocycles. The number of aliphatic hydroxyl groups excluding tert-OH is 1. The van der Waals surface area contributed by atoms with Gasteiger partial charge in [0.2, 0.25) is 0 Å². The Morgan fingerprint density at radius 1 is 1.06 bits per heavy atom. The maximum absolute atomic E-state index is 12.6. The SMILES string of the molecule is Cc1ccc(Cl)cc1.O=CC1CCCN1C(=O)c1cccc(-c2ccc(CO)cc2)c1. The lowest BCUT2D eigenvalue weighted by molar-refractivity contribution is -0.111. The van der Waals surface area contributed by atoms with E-state index in [4.69, 9.17) is 16.7 Å². The molecule has 1 aliphatic rings. The molecule has 1 unspecified atom stereocenters. The van der Waals surface area contributed by atoms with E-state index in [0.717, 1.165) is 40.8 Å². The van der Waals surface area contributed by atoms with E-state index in [-0.39, 0.29) is 18.6 Å². The quantitative estimate of drug-likeness (QED) is 0.566. The van der Waals surface area contributed by atoms with Crippen LogP contribution in [-0.4, -0.2) is 34.8 Å². The molecule has 0 aromatic heterocycles. The summed E-state index contributed by atoms with van der Waals surface area (Å²) >= 11 is 5.61. The Labute approximate surface area is 188 Å². The minimum atomic E-state index is -0.296. The number of likely N-dealkylation sites (tertiary alicyclic amines) is 1. The fourth-order valence-corrected chi connectivity index (χ4v) is 3.65. The Hall–Kier alpha value is -2.95. The lowest BCUT2D eigenvalue weighted by Crippen LogP contribution is -2.36. The Kier molecular flexibility index (Phi) is 7.99. The van der Waals surface area contributed by atoms with Crippen LogP contribution in [0.25, 0.3) is 11.1 Å². The topological polar surface area (TPSA) is 57.6 Å². The van der Waals surface area contributed by atoms with Crippen LogP contribution in [0.1, 0.15) is 34.3 Å². The number of aldehydes is 1. The molecule has 3 aromatic rings. The number of benzene rings is 3. The van der Waals surface area contributed by atoms with E-state index in [1.807, 2.05) is 73.7 Å². The first-order valence-corrected chi connectivity index (χ1v) is 10.7. The van der Waals surface area contributed by atoms with E-state index < -0.39 is 0 Å². The van der Waals surface area contributed by atoms with Crippen LogP contribution in [0.2, 0.25) is 5.02 Å². The first-order valence-electron chi connectivity index (χ1n) is 10.3. The smallest absolute Gasteiger partial charge is 0.254 e. The summed E-state index contributed by atoms with van der Waals surface area (Å²) in [5.74, 6) is -0.0894. The standard InChI is InChI=1S/C19H19NO3.C7H7Cl/c21-12-14-6-8-15(9-7-14)16-3-1-4-17(11-16)19(23)20-10-2-5-18(20)13-22;1-6-2-4-7(8)5-3-6/h1,3-4,6-9,11,13,18,21H,2,5,10,12H2;2-5H,1H3. The Bertz CT molecular complexity index is 995. The highest BCUT2D eigenvalue weighted by Gasteiger charge is 2.28. The molecule has 1 N–H and O–H groups in total. The second-order valence-electron chi connectivity index (χ2n) is 7.58. The molecule has 160 valence electrons. The Morgan fingerprint density at radius 2 is 1.77 bits per heavy atom. The van der Waals surface area contributed by atoms with Crippen LogP contribution in [0.3, 0.4) is 0 Å². The lowest BCUT2D eigenvalue weighted by atomic mass is 10.0. The average molecular weight is 436 g/mol. The Morgan fingerprint density at radius 3 is 2.39 bits per heavy atom. The number of rotatable bonds is 4. The molecule has 1 heterocycles. The van der Waals surface area contributed by atoms with E-state index in [2.05, 4.69) is 0 Å². The highest BCUT2D eigenvalue weighted by Crippen LogP contribution is 2.24. The van der Waals surface area contributed by atoms with E-state index in [0.29, 0.717) is 12.1 Å². The van der Waals surface area contributed by atoms with Crippen LogP contribution < -0.4 is 0 Å². The van der Waals surface area contributed by atoms with Gasteiger partial charge in [-0.3, -0.25) is 4.79 Å². The van der Waals surface area contributed by atoms with E-state index in [1.165, 1.54) is 5.56 Å². The molecule has 0 saturated carbocycles. The number of aliphatic hydroxyl groups is 1. The number of carbonyl (C=O) groups excluding carboxylic acids is 2. The molecule has 1 fully saturated rings. The predicted octanol–water partition coefficient (Wildman–Crippen LogP) is 5.30. The molecule has 4 rings (SSSR count). The first-order chi connectivity index (χ1) is 15.0. The molecule has 0 aliphatic carbocycles. The van der Waals surface area contributed by atoms with Crippen molar-refractivity contribution in [3.05, 3.63) is 94.5 Å². The highest BCUT2D eigenvalue weighted by atomic mass is 35.5. The molecule has 1 atom stereocenters. The fraction of sp³-hybridized carbons (Fsp3) is 0.231. The van der Waals surface area contributed by atoms with Crippen molar-refractivity contribution < 1.29 is 14.7 Å². The second kappa shape index (κ2) is 10.9. The number of nitrogens with zero attached hydrogens (tertiary/aromatic N) is 1. The minimum Gasteiger partial charge on any atom is -0.392 e. The summed E-state index contributed by atoms with van der Waals surface area (Å²) in [6, 6.07) is 22.5. The molecule has 1 amide bonds. The Balaban J connectivity index is 0.000000287. The number of halogens is 1. The predicted molar refractivity (Wildman–Crippen MR) is 124 cm³/mol. The zero-order valence-corrected chi connectivity index (χ0v) is 18.3. The molecule has 5 heteroatoms. The third-order valence-corrected chi connectivity index (χ3v) is 5.56. The maximum atomic E-state index is 12.6. The van der Waals surface area contributed by atoms with Gasteiger partial charge in [-0.1, -0.05) is 65.7 Å². The van der Waals surface area contributed by atoms with Crippen LogP contribution in [-0.2, 0) is 11.4 Å². The fourth-order valence-electron chi connectivity index (χ4n) is 3.52. The minimum absolute atomic E-state index is 0.0147. The van der Waals surface area contributed by atoms with E-state index in [9.17, 15) is 9.59 Å². The van der Waals surface area contributed by atoms with Gasteiger partial charge in [0, 0.05) is 17.1 Å². The number of carbonyl (C=O) groups is 2. The van der Waals surface area contributed by atoms with Crippen molar-refractivity contribution in [3.63, 3.8) is 0 Å². The van der Waals surface area contributed by atoms with Gasteiger partial charge in [-0.05, 0) is 60.7 Å². The van der Waals surface area contributed by atoms with Crippen molar-refractivity contribution in [2.75, 3.05) is 6.54 Å². The summed E-state index contributed by atoms with van der Waals surface area (Å²) in [5, 5.41) is 9.91. The molecule has 31 heavy (non-hydrogen) atoms. The molecule has 0 radical (unpaired) electrons. The average Bonchev–Trinajstić information content (AvgIpc) is 3.30. The zero-order chi connectivity index (χ0) is 22.2. The summed E-state index contributed by atoms with van der Waals surface area (Å²) in [4.78, 5) is 25.4. The third-order valence-electron chi connectivity index (χ3n) is 5.31. The van der Waals surface area contributed by atoms with Gasteiger partial charge >= 0.3 is 0 Å². The molecular weight excluding hydrogens is 410 g/mol. The number of hydrogen-bond donors (Lipinski definition) is 1. The second-order valence-corrected chi connectivity index (χ2v) is 8.01. The van der Waals surface area contributed by atoms with Crippen LogP contribution in [0, 0.1) is 6.92 Å². The summed E-state index contributed by atoms with van der Waals surface area (Å²) in [6.07, 6.45) is 2.48. The summed E-state index contributed by atoms with van der Waals surface area (Å²) in [7, 11) is 0. The van der Waals surface area contributed by atoms with E-state index in [1.54, 1.807) is 11.0 Å². The molecule has 0 spiro atoms. The van der Waals surface area contributed by atoms with Crippen molar-refractivity contribution in [3.8, 4) is 11.1 Å². The largest absolute Gasteiger partial charge is 0.392 e. The summed E-state index contributed by atoms with van der Waals surface area (Å²) in [5.41, 5.74) is 4.64. The van der Waals surface area contributed by atoms with Gasteiger partial charge in [-0.25, -0.2) is 0 Å². The van der Waals surface area contributed by atoms with Gasteiger partial charge in [0.1, 0.15) is 6.29 Å². The monoisotopic (exact) mass is 435 g/mol. The van der Waals surface area contributed by atoms with Crippen molar-refractivity contribution in [1.29, 1.82) is 0 Å². The van der Waals surface area contributed by atoms with Gasteiger partial charge in [0.15, 0.2) is 0 Å². The van der Waals surface area contributed by atoms with Crippen molar-refractivity contribution in [1.82, 2.24) is 4.90 Å². The maximum Gasteiger partial charge on any atom is 0.254 e. The molecule has 0 bridgehead atoms. The highest BCUT2D eigenvalue weighted by molar-refractivity contribution is 6.30. The van der Waals surface area contributed by atoms with Gasteiger partial charge < -0.3 is 14.8 Å². The molecule has 4 nitrogen and oxygen atoms in total. The lowest BCUT2D eigenvalue weighted by Gasteiger charge is -2.20. The third kappa shape index (κ3) is 6.03. The van der Waals surface area contributed by atoms with Gasteiger partial charge in [-0.15, -0.1) is 0 Å². The van der Waals surface area contributed by atoms with Crippen LogP contribution in [0.15, 0.2) is 72.8 Å². The number of aryl methyl sites for hydroxylation is 1. The summed E-state index contributed by atoms with van der Waals surface area (Å²) in [6.45, 7) is 2.69. The molecule has 1 aliphatic heterocycles. The first kappa shape index (κ1) is 22.7. The zero-order valence-electron chi connectivity index (χ0n) is 17.5. The van der Waals surface area contributed by atoms with Crippen molar-refractivity contribution >= 4 is 23.8 Å². The van der Waals surface area contributed by atoms with Crippen LogP contribution in [0.4, 0.5) is 0 Å². The van der Waals surface area contributed by atoms with Crippen molar-refractivity contribution in [2.24, 2.45) is 0 Å². The normalized spacial score (nSPS) is 15.2. The van der Waals surface area contributed by atoms with Crippen LogP contribution >= 0.6 is 11.6 Å². The van der Waals surface area contributed by atoms with E-state index >= 15 is 0 Å². The van der Waals surface area contributed by atoms with Gasteiger partial charge in [0.05, 0.1) is 12.6 Å².